The summed E-state index contributed by atoms with van der Waals surface area (Å²) in [4.78, 5) is 0. The highest BCUT2D eigenvalue weighted by atomic mass is 16.7. The van der Waals surface area contributed by atoms with Crippen molar-refractivity contribution >= 4 is 0 Å². The van der Waals surface area contributed by atoms with Crippen molar-refractivity contribution in [1.82, 2.24) is 0 Å². The van der Waals surface area contributed by atoms with E-state index >= 15 is 0 Å². The number of hydrogen-bond acceptors (Lipinski definition) is 5. The SMILES string of the molecule is OC1C2COC(O2)C(O)C1OCc1ccccc1. The lowest BCUT2D eigenvalue weighted by Gasteiger charge is -2.35. The average molecular weight is 252 g/mol. The second-order valence-electron chi connectivity index (χ2n) is 4.62. The van der Waals surface area contributed by atoms with Crippen molar-refractivity contribution < 1.29 is 24.4 Å². The standard InChI is InChI=1S/C13H16O5/c14-10-9-7-17-13(18-9)11(15)12(10)16-6-8-4-2-1-3-5-8/h1-5,9-15H,6-7H2. The van der Waals surface area contributed by atoms with Crippen LogP contribution < -0.4 is 0 Å². The van der Waals surface area contributed by atoms with E-state index in [4.69, 9.17) is 14.2 Å². The van der Waals surface area contributed by atoms with Gasteiger partial charge in [0.05, 0.1) is 13.2 Å². The number of rotatable bonds is 3. The van der Waals surface area contributed by atoms with Gasteiger partial charge in [0, 0.05) is 0 Å². The van der Waals surface area contributed by atoms with Crippen molar-refractivity contribution in [2.45, 2.75) is 37.3 Å². The lowest BCUT2D eigenvalue weighted by Crippen LogP contribution is -2.54. The molecule has 5 heteroatoms. The summed E-state index contributed by atoms with van der Waals surface area (Å²) in [7, 11) is 0. The summed E-state index contributed by atoms with van der Waals surface area (Å²) in [6, 6.07) is 9.63. The molecule has 2 aliphatic rings. The maximum Gasteiger partial charge on any atom is 0.186 e. The van der Waals surface area contributed by atoms with E-state index in [-0.39, 0.29) is 0 Å². The highest BCUT2D eigenvalue weighted by Crippen LogP contribution is 2.30. The molecule has 5 atom stereocenters. The van der Waals surface area contributed by atoms with Crippen LogP contribution in [0.3, 0.4) is 0 Å². The summed E-state index contributed by atoms with van der Waals surface area (Å²) in [6.07, 6.45) is -3.57. The lowest BCUT2D eigenvalue weighted by atomic mass is 10.0. The minimum absolute atomic E-state index is 0.300. The fraction of sp³-hybridized carbons (Fsp3) is 0.538. The molecule has 0 aliphatic carbocycles. The number of aliphatic hydroxyl groups is 2. The third-order valence-corrected chi connectivity index (χ3v) is 3.35. The molecule has 0 aromatic heterocycles. The van der Waals surface area contributed by atoms with E-state index in [1.54, 1.807) is 0 Å². The Bertz CT molecular complexity index is 380. The molecule has 5 unspecified atom stereocenters. The zero-order valence-corrected chi connectivity index (χ0v) is 9.81. The van der Waals surface area contributed by atoms with E-state index in [1.807, 2.05) is 30.3 Å². The van der Waals surface area contributed by atoms with Gasteiger partial charge in [0.2, 0.25) is 0 Å². The molecule has 0 saturated carbocycles. The van der Waals surface area contributed by atoms with E-state index in [0.717, 1.165) is 5.56 Å². The van der Waals surface area contributed by atoms with E-state index in [0.29, 0.717) is 13.2 Å². The smallest absolute Gasteiger partial charge is 0.186 e. The minimum atomic E-state index is -0.956. The Balaban J connectivity index is 1.65. The zero-order chi connectivity index (χ0) is 12.5. The Morgan fingerprint density at radius 3 is 2.72 bits per heavy atom. The van der Waals surface area contributed by atoms with Crippen LogP contribution in [0, 0.1) is 0 Å². The van der Waals surface area contributed by atoms with Gasteiger partial charge in [-0.2, -0.15) is 0 Å². The molecule has 2 fully saturated rings. The van der Waals surface area contributed by atoms with Crippen LogP contribution in [0.15, 0.2) is 30.3 Å². The van der Waals surface area contributed by atoms with Gasteiger partial charge < -0.3 is 24.4 Å². The van der Waals surface area contributed by atoms with Gasteiger partial charge in [-0.25, -0.2) is 0 Å². The fourth-order valence-electron chi connectivity index (χ4n) is 2.33. The largest absolute Gasteiger partial charge is 0.387 e. The first kappa shape index (κ1) is 12.1. The first-order chi connectivity index (χ1) is 8.75. The third kappa shape index (κ3) is 2.15. The molecule has 2 heterocycles. The second kappa shape index (κ2) is 4.95. The monoisotopic (exact) mass is 252 g/mol. The molecule has 2 bridgehead atoms. The molecular weight excluding hydrogens is 236 g/mol. The quantitative estimate of drug-likeness (QED) is 0.795. The van der Waals surface area contributed by atoms with Gasteiger partial charge in [-0.1, -0.05) is 30.3 Å². The zero-order valence-electron chi connectivity index (χ0n) is 9.81. The van der Waals surface area contributed by atoms with Gasteiger partial charge in [0.25, 0.3) is 0 Å². The molecule has 98 valence electrons. The van der Waals surface area contributed by atoms with Crippen molar-refractivity contribution in [1.29, 1.82) is 0 Å². The Labute approximate surface area is 105 Å². The minimum Gasteiger partial charge on any atom is -0.387 e. The van der Waals surface area contributed by atoms with Gasteiger partial charge in [-0.15, -0.1) is 0 Å². The van der Waals surface area contributed by atoms with Crippen LogP contribution >= 0.6 is 0 Å². The van der Waals surface area contributed by atoms with Crippen LogP contribution in [0.4, 0.5) is 0 Å². The highest BCUT2D eigenvalue weighted by molar-refractivity contribution is 5.13. The van der Waals surface area contributed by atoms with Gasteiger partial charge in [-0.3, -0.25) is 0 Å². The van der Waals surface area contributed by atoms with Crippen molar-refractivity contribution in [3.63, 3.8) is 0 Å². The van der Waals surface area contributed by atoms with Crippen LogP contribution in [0.25, 0.3) is 0 Å². The summed E-state index contributed by atoms with van der Waals surface area (Å²) >= 11 is 0. The molecule has 1 aromatic rings. The molecule has 2 N–H and O–H groups in total. The van der Waals surface area contributed by atoms with Crippen LogP contribution in [0.5, 0.6) is 0 Å². The van der Waals surface area contributed by atoms with E-state index in [1.165, 1.54) is 0 Å². The second-order valence-corrected chi connectivity index (χ2v) is 4.62. The number of ether oxygens (including phenoxy) is 3. The fourth-order valence-corrected chi connectivity index (χ4v) is 2.33. The molecule has 3 rings (SSSR count). The Morgan fingerprint density at radius 1 is 1.17 bits per heavy atom. The van der Waals surface area contributed by atoms with Crippen molar-refractivity contribution in [3.8, 4) is 0 Å². The molecular formula is C13H16O5. The number of benzene rings is 1. The Morgan fingerprint density at radius 2 is 1.94 bits per heavy atom. The number of hydrogen-bond donors (Lipinski definition) is 2. The highest BCUT2D eigenvalue weighted by Gasteiger charge is 2.50. The van der Waals surface area contributed by atoms with E-state index in [2.05, 4.69) is 0 Å². The van der Waals surface area contributed by atoms with Gasteiger partial charge >= 0.3 is 0 Å². The van der Waals surface area contributed by atoms with Crippen LogP contribution in [-0.2, 0) is 20.8 Å². The van der Waals surface area contributed by atoms with Gasteiger partial charge in [-0.05, 0) is 5.56 Å². The molecule has 2 aliphatic heterocycles. The average Bonchev–Trinajstić information content (AvgIpc) is 2.85. The Kier molecular flexibility index (Phi) is 3.32. The van der Waals surface area contributed by atoms with Crippen molar-refractivity contribution in [2.75, 3.05) is 6.61 Å². The molecule has 18 heavy (non-hydrogen) atoms. The normalized spacial score (nSPS) is 38.9. The van der Waals surface area contributed by atoms with Crippen LogP contribution in [0.2, 0.25) is 0 Å². The lowest BCUT2D eigenvalue weighted by molar-refractivity contribution is -0.242. The number of aliphatic hydroxyl groups excluding tert-OH is 2. The third-order valence-electron chi connectivity index (χ3n) is 3.35. The first-order valence-electron chi connectivity index (χ1n) is 6.04. The van der Waals surface area contributed by atoms with Crippen LogP contribution in [-0.4, -0.2) is 47.5 Å². The summed E-state index contributed by atoms with van der Waals surface area (Å²) in [5, 5.41) is 20.0. The first-order valence-corrected chi connectivity index (χ1v) is 6.04. The summed E-state index contributed by atoms with van der Waals surface area (Å²) in [5.74, 6) is 0. The predicted octanol–water partition coefficient (Wildman–Crippen LogP) is 0.0487. The van der Waals surface area contributed by atoms with Crippen molar-refractivity contribution in [3.05, 3.63) is 35.9 Å². The maximum atomic E-state index is 10.0. The molecule has 2 saturated heterocycles. The number of fused-ring (bicyclic) bond motifs is 2. The molecule has 5 nitrogen and oxygen atoms in total. The summed E-state index contributed by atoms with van der Waals surface area (Å²) < 4.78 is 16.1. The molecule has 1 aromatic carbocycles. The van der Waals surface area contributed by atoms with Crippen LogP contribution in [0.1, 0.15) is 5.56 Å². The predicted molar refractivity (Wildman–Crippen MR) is 61.6 cm³/mol. The molecule has 0 spiro atoms. The summed E-state index contributed by atoms with van der Waals surface area (Å²) in [5.41, 5.74) is 0.997. The van der Waals surface area contributed by atoms with Gasteiger partial charge in [0.1, 0.15) is 24.4 Å². The maximum absolute atomic E-state index is 10.0. The Hall–Kier alpha value is -0.980. The van der Waals surface area contributed by atoms with Gasteiger partial charge in [0.15, 0.2) is 6.29 Å². The van der Waals surface area contributed by atoms with E-state index in [9.17, 15) is 10.2 Å². The topological polar surface area (TPSA) is 68.2 Å². The summed E-state index contributed by atoms with van der Waals surface area (Å²) in [6.45, 7) is 0.646. The van der Waals surface area contributed by atoms with E-state index < -0.39 is 30.7 Å². The molecule has 0 amide bonds. The van der Waals surface area contributed by atoms with Crippen molar-refractivity contribution in [2.24, 2.45) is 0 Å². The molecule has 0 radical (unpaired) electrons.